The van der Waals surface area contributed by atoms with E-state index >= 15 is 0 Å². The second-order valence-electron chi connectivity index (χ2n) is 8.21. The van der Waals surface area contributed by atoms with Gasteiger partial charge in [-0.1, -0.05) is 13.8 Å². The van der Waals surface area contributed by atoms with Crippen molar-refractivity contribution >= 4 is 12.1 Å². The lowest BCUT2D eigenvalue weighted by Crippen LogP contribution is -2.71. The Morgan fingerprint density at radius 3 is 1.25 bits per heavy atom. The van der Waals surface area contributed by atoms with Gasteiger partial charge in [0.1, 0.15) is 0 Å². The minimum absolute atomic E-state index is 0.0602. The molecule has 4 aliphatic heterocycles. The van der Waals surface area contributed by atoms with Gasteiger partial charge in [0.2, 0.25) is 0 Å². The summed E-state index contributed by atoms with van der Waals surface area (Å²) in [4.78, 5) is 34.4. The van der Waals surface area contributed by atoms with Crippen LogP contribution in [0.5, 0.6) is 0 Å². The number of carbonyl (C=O) groups is 2. The van der Waals surface area contributed by atoms with Crippen LogP contribution in [0.2, 0.25) is 0 Å². The van der Waals surface area contributed by atoms with E-state index < -0.39 is 11.7 Å². The summed E-state index contributed by atoms with van der Waals surface area (Å²) in [7, 11) is 0. The number of fused-ring (bicyclic) bond motifs is 9. The molecule has 4 saturated heterocycles. The SMILES string of the molecule is CCCO[C@]12N3CCCCCN(C3=O)[C@@]1(OCCC)N1CCCCCN2C1=O. The van der Waals surface area contributed by atoms with E-state index in [2.05, 4.69) is 13.8 Å². The predicted octanol–water partition coefficient (Wildman–Crippen LogP) is 2.99. The Morgan fingerprint density at radius 2 is 0.964 bits per heavy atom. The van der Waals surface area contributed by atoms with Gasteiger partial charge in [-0.3, -0.25) is 19.6 Å². The van der Waals surface area contributed by atoms with Gasteiger partial charge < -0.3 is 9.47 Å². The number of rotatable bonds is 6. The van der Waals surface area contributed by atoms with Crippen molar-refractivity contribution in [3.8, 4) is 0 Å². The molecule has 0 atom stereocenters. The summed E-state index contributed by atoms with van der Waals surface area (Å²) in [6.45, 7) is 7.43. The number of hydrogen-bond donors (Lipinski definition) is 0. The van der Waals surface area contributed by atoms with E-state index in [9.17, 15) is 9.59 Å². The van der Waals surface area contributed by atoms with Crippen molar-refractivity contribution in [1.82, 2.24) is 19.6 Å². The molecule has 0 unspecified atom stereocenters. The first-order valence-electron chi connectivity index (χ1n) is 11.1. The van der Waals surface area contributed by atoms with E-state index in [1.165, 1.54) is 0 Å². The molecule has 0 N–H and O–H groups in total. The molecule has 4 rings (SSSR count). The fourth-order valence-corrected chi connectivity index (χ4v) is 5.22. The molecule has 4 heterocycles. The van der Waals surface area contributed by atoms with Gasteiger partial charge in [-0.25, -0.2) is 9.59 Å². The summed E-state index contributed by atoms with van der Waals surface area (Å²) >= 11 is 0. The number of ether oxygens (including phenoxy) is 2. The molecule has 0 aromatic rings. The Kier molecular flexibility index (Phi) is 5.44. The first kappa shape index (κ1) is 19.8. The molecule has 0 saturated carbocycles. The minimum atomic E-state index is -1.19. The van der Waals surface area contributed by atoms with Gasteiger partial charge in [-0.2, -0.15) is 0 Å². The third-order valence-corrected chi connectivity index (χ3v) is 6.35. The lowest BCUT2D eigenvalue weighted by Gasteiger charge is -2.47. The smallest absolute Gasteiger partial charge is 0.327 e. The monoisotopic (exact) mass is 394 g/mol. The van der Waals surface area contributed by atoms with Crippen molar-refractivity contribution < 1.29 is 19.1 Å². The Hall–Kier alpha value is -1.54. The van der Waals surface area contributed by atoms with Crippen LogP contribution in [0, 0.1) is 0 Å². The van der Waals surface area contributed by atoms with Crippen molar-refractivity contribution in [3.63, 3.8) is 0 Å². The van der Waals surface area contributed by atoms with E-state index in [1.807, 2.05) is 0 Å². The van der Waals surface area contributed by atoms with Crippen LogP contribution in [-0.4, -0.2) is 82.8 Å². The van der Waals surface area contributed by atoms with Gasteiger partial charge in [0.15, 0.2) is 0 Å². The van der Waals surface area contributed by atoms with Crippen LogP contribution in [0.15, 0.2) is 0 Å². The molecule has 0 aliphatic carbocycles. The van der Waals surface area contributed by atoms with E-state index in [0.29, 0.717) is 39.4 Å². The highest BCUT2D eigenvalue weighted by Gasteiger charge is 2.81. The summed E-state index contributed by atoms with van der Waals surface area (Å²) in [5, 5.41) is 0. The number of amides is 4. The van der Waals surface area contributed by atoms with Crippen molar-refractivity contribution in [2.75, 3.05) is 39.4 Å². The second-order valence-corrected chi connectivity index (χ2v) is 8.21. The number of hydrogen-bond acceptors (Lipinski definition) is 4. The Balaban J connectivity index is 1.92. The van der Waals surface area contributed by atoms with Crippen LogP contribution < -0.4 is 0 Å². The molecule has 0 radical (unpaired) electrons. The minimum Gasteiger partial charge on any atom is -0.332 e. The summed E-state index contributed by atoms with van der Waals surface area (Å²) in [5.74, 6) is -2.39. The molecule has 0 spiro atoms. The van der Waals surface area contributed by atoms with E-state index in [1.54, 1.807) is 19.6 Å². The molecule has 8 nitrogen and oxygen atoms in total. The van der Waals surface area contributed by atoms with Crippen LogP contribution in [-0.2, 0) is 9.47 Å². The quantitative estimate of drug-likeness (QED) is 0.695. The topological polar surface area (TPSA) is 65.6 Å². The fraction of sp³-hybridized carbons (Fsp3) is 0.900. The van der Waals surface area contributed by atoms with E-state index in [4.69, 9.17) is 9.47 Å². The van der Waals surface area contributed by atoms with Crippen molar-refractivity contribution in [2.45, 2.75) is 76.9 Å². The molecule has 8 heteroatoms. The van der Waals surface area contributed by atoms with Crippen LogP contribution in [0.3, 0.4) is 0 Å². The average Bonchev–Trinajstić information content (AvgIpc) is 3.03. The van der Waals surface area contributed by atoms with Crippen LogP contribution >= 0.6 is 0 Å². The molecular formula is C20H34N4O4. The number of carbonyl (C=O) groups excluding carboxylic acids is 2. The highest BCUT2D eigenvalue weighted by molar-refractivity contribution is 5.87. The van der Waals surface area contributed by atoms with Crippen molar-refractivity contribution in [2.24, 2.45) is 0 Å². The van der Waals surface area contributed by atoms with Crippen LogP contribution in [0.25, 0.3) is 0 Å². The summed E-state index contributed by atoms with van der Waals surface area (Å²) in [5.41, 5.74) is 0. The summed E-state index contributed by atoms with van der Waals surface area (Å²) in [6, 6.07) is -0.120. The molecule has 0 aromatic carbocycles. The zero-order chi connectivity index (χ0) is 19.8. The normalized spacial score (nSPS) is 32.9. The van der Waals surface area contributed by atoms with E-state index in [-0.39, 0.29) is 12.1 Å². The van der Waals surface area contributed by atoms with Gasteiger partial charge in [0.05, 0.1) is 13.2 Å². The van der Waals surface area contributed by atoms with Crippen LogP contribution in [0.4, 0.5) is 9.59 Å². The molecule has 4 amide bonds. The summed E-state index contributed by atoms with van der Waals surface area (Å²) < 4.78 is 13.1. The number of urea groups is 2. The molecular weight excluding hydrogens is 360 g/mol. The second kappa shape index (κ2) is 7.71. The third kappa shape index (κ3) is 2.49. The third-order valence-electron chi connectivity index (χ3n) is 6.35. The van der Waals surface area contributed by atoms with Gasteiger partial charge >= 0.3 is 23.8 Å². The maximum absolute atomic E-state index is 13.6. The molecule has 4 bridgehead atoms. The Morgan fingerprint density at radius 1 is 0.643 bits per heavy atom. The maximum atomic E-state index is 13.6. The molecule has 28 heavy (non-hydrogen) atoms. The lowest BCUT2D eigenvalue weighted by molar-refractivity contribution is -0.332. The number of nitrogens with zero attached hydrogens (tertiary/aromatic N) is 4. The molecule has 158 valence electrons. The molecule has 0 aromatic heterocycles. The largest absolute Gasteiger partial charge is 0.332 e. The van der Waals surface area contributed by atoms with Gasteiger partial charge in [0.25, 0.3) is 0 Å². The van der Waals surface area contributed by atoms with Gasteiger partial charge in [0, 0.05) is 26.2 Å². The molecule has 4 aliphatic rings. The highest BCUT2D eigenvalue weighted by atomic mass is 16.6. The summed E-state index contributed by atoms with van der Waals surface area (Å²) in [6.07, 6.45) is 7.42. The Bertz CT molecular complexity index is 529. The van der Waals surface area contributed by atoms with E-state index in [0.717, 1.165) is 51.4 Å². The first-order chi connectivity index (χ1) is 13.6. The maximum Gasteiger partial charge on any atom is 0.327 e. The standard InChI is InChI=1S/C20H34N4O4/c1-3-15-27-19-20(28-16-4-2,23-13-9-5-7-11-21(19)17(23)25)24-14-10-6-8-12-22(19)18(24)26/h3-16H2,1-2H3/t19-,20+. The predicted molar refractivity (Wildman–Crippen MR) is 103 cm³/mol. The zero-order valence-electron chi connectivity index (χ0n) is 17.3. The zero-order valence-corrected chi connectivity index (χ0v) is 17.3. The molecule has 4 fully saturated rings. The fourth-order valence-electron chi connectivity index (χ4n) is 5.22. The highest BCUT2D eigenvalue weighted by Crippen LogP contribution is 2.54. The first-order valence-corrected chi connectivity index (χ1v) is 11.1. The van der Waals surface area contributed by atoms with Crippen molar-refractivity contribution in [3.05, 3.63) is 0 Å². The van der Waals surface area contributed by atoms with Crippen LogP contribution in [0.1, 0.15) is 65.2 Å². The average molecular weight is 395 g/mol. The van der Waals surface area contributed by atoms with Gasteiger partial charge in [-0.05, 0) is 51.4 Å². The van der Waals surface area contributed by atoms with Crippen molar-refractivity contribution in [1.29, 1.82) is 0 Å². The van der Waals surface area contributed by atoms with Gasteiger partial charge in [-0.15, -0.1) is 0 Å². The lowest BCUT2D eigenvalue weighted by atomic mass is 10.2. The Labute approximate surface area is 167 Å².